The first-order valence-electron chi connectivity index (χ1n) is 6.98. The highest BCUT2D eigenvalue weighted by Crippen LogP contribution is 2.28. The molecule has 1 heterocycles. The van der Waals surface area contributed by atoms with Crippen molar-refractivity contribution in [2.24, 2.45) is 0 Å². The minimum absolute atomic E-state index is 0.424. The lowest BCUT2D eigenvalue weighted by Gasteiger charge is -2.17. The molecule has 0 aliphatic carbocycles. The monoisotopic (exact) mass is 297 g/mol. The molecule has 112 valence electrons. The van der Waals surface area contributed by atoms with Crippen LogP contribution < -0.4 is 10.1 Å². The van der Waals surface area contributed by atoms with Gasteiger partial charge in [0.1, 0.15) is 5.75 Å². The number of nitrogens with one attached hydrogen (secondary N) is 1. The second-order valence-electron chi connectivity index (χ2n) is 5.11. The molecule has 2 aromatic rings. The van der Waals surface area contributed by atoms with E-state index in [1.807, 2.05) is 18.2 Å². The van der Waals surface area contributed by atoms with Crippen LogP contribution in [0.15, 0.2) is 54.6 Å². The number of amides is 1. The molecule has 3 rings (SSSR count). The smallest absolute Gasteiger partial charge is 0.330 e. The van der Waals surface area contributed by atoms with Crippen LogP contribution in [0.4, 0.5) is 0 Å². The number of hydrogen-bond donors (Lipinski definition) is 2. The van der Waals surface area contributed by atoms with E-state index in [9.17, 15) is 14.7 Å². The average molecular weight is 297 g/mol. The summed E-state index contributed by atoms with van der Waals surface area (Å²) in [5.41, 5.74) is 1.48. The maximum atomic E-state index is 12.3. The molecule has 5 heteroatoms. The van der Waals surface area contributed by atoms with Crippen molar-refractivity contribution >= 4 is 11.9 Å². The maximum Gasteiger partial charge on any atom is 0.330 e. The predicted molar refractivity (Wildman–Crippen MR) is 79.5 cm³/mol. The zero-order valence-corrected chi connectivity index (χ0v) is 11.7. The molecule has 1 amide bonds. The first-order valence-corrected chi connectivity index (χ1v) is 6.98. The maximum absolute atomic E-state index is 12.3. The van der Waals surface area contributed by atoms with Gasteiger partial charge in [-0.2, -0.15) is 0 Å². The minimum atomic E-state index is -1.10. The summed E-state index contributed by atoms with van der Waals surface area (Å²) in [7, 11) is 0. The van der Waals surface area contributed by atoms with Crippen molar-refractivity contribution in [3.63, 3.8) is 0 Å². The topological polar surface area (TPSA) is 75.6 Å². The summed E-state index contributed by atoms with van der Waals surface area (Å²) >= 11 is 0. The number of para-hydroxylation sites is 1. The standard InChI is InChI=1S/C17H15NO4/c19-16(14-10-12-8-4-5-9-13(12)22-14)18-15(17(20)21)11-6-2-1-3-7-11/h1-9,14-15H,10H2,(H,18,19)(H,20,21). The van der Waals surface area contributed by atoms with Gasteiger partial charge >= 0.3 is 5.97 Å². The van der Waals surface area contributed by atoms with Gasteiger partial charge in [-0.3, -0.25) is 4.79 Å². The summed E-state index contributed by atoms with van der Waals surface area (Å²) in [6, 6.07) is 14.9. The Morgan fingerprint density at radius 1 is 1.09 bits per heavy atom. The fourth-order valence-corrected chi connectivity index (χ4v) is 2.50. The minimum Gasteiger partial charge on any atom is -0.480 e. The van der Waals surface area contributed by atoms with Crippen LogP contribution in [0, 0.1) is 0 Å². The fourth-order valence-electron chi connectivity index (χ4n) is 2.50. The van der Waals surface area contributed by atoms with Crippen LogP contribution in [-0.4, -0.2) is 23.1 Å². The van der Waals surface area contributed by atoms with Gasteiger partial charge in [0, 0.05) is 6.42 Å². The number of carboxylic acids is 1. The van der Waals surface area contributed by atoms with Crippen LogP contribution in [-0.2, 0) is 16.0 Å². The van der Waals surface area contributed by atoms with E-state index in [1.54, 1.807) is 36.4 Å². The third-order valence-electron chi connectivity index (χ3n) is 3.61. The summed E-state index contributed by atoms with van der Waals surface area (Å²) in [4.78, 5) is 23.7. The molecule has 1 aliphatic heterocycles. The van der Waals surface area contributed by atoms with E-state index in [4.69, 9.17) is 4.74 Å². The lowest BCUT2D eigenvalue weighted by Crippen LogP contribution is -2.42. The normalized spacial score (nSPS) is 17.2. The van der Waals surface area contributed by atoms with Crippen LogP contribution >= 0.6 is 0 Å². The Labute approximate surface area is 127 Å². The first-order chi connectivity index (χ1) is 10.6. The predicted octanol–water partition coefficient (Wildman–Crippen LogP) is 1.93. The Hall–Kier alpha value is -2.82. The molecule has 0 radical (unpaired) electrons. The van der Waals surface area contributed by atoms with Crippen LogP contribution in [0.1, 0.15) is 17.2 Å². The van der Waals surface area contributed by atoms with E-state index in [2.05, 4.69) is 5.32 Å². The quantitative estimate of drug-likeness (QED) is 0.904. The van der Waals surface area contributed by atoms with Crippen molar-refractivity contribution in [2.75, 3.05) is 0 Å². The van der Waals surface area contributed by atoms with E-state index >= 15 is 0 Å². The van der Waals surface area contributed by atoms with Crippen molar-refractivity contribution in [1.82, 2.24) is 5.32 Å². The van der Waals surface area contributed by atoms with Crippen LogP contribution in [0.5, 0.6) is 5.75 Å². The summed E-state index contributed by atoms with van der Waals surface area (Å²) in [6.07, 6.45) is -0.244. The van der Waals surface area contributed by atoms with E-state index in [0.717, 1.165) is 5.56 Å². The number of hydrogen-bond acceptors (Lipinski definition) is 3. The third kappa shape index (κ3) is 2.79. The Morgan fingerprint density at radius 2 is 1.77 bits per heavy atom. The number of carbonyl (C=O) groups excluding carboxylic acids is 1. The number of aliphatic carboxylic acids is 1. The van der Waals surface area contributed by atoms with Crippen LogP contribution in [0.3, 0.4) is 0 Å². The number of benzene rings is 2. The number of fused-ring (bicyclic) bond motifs is 1. The largest absolute Gasteiger partial charge is 0.480 e. The van der Waals surface area contributed by atoms with Crippen molar-refractivity contribution in [3.05, 3.63) is 65.7 Å². The molecule has 0 aromatic heterocycles. The van der Waals surface area contributed by atoms with E-state index < -0.39 is 24.0 Å². The van der Waals surface area contributed by atoms with Gasteiger partial charge in [0.05, 0.1) is 0 Å². The second kappa shape index (κ2) is 5.89. The van der Waals surface area contributed by atoms with Gasteiger partial charge < -0.3 is 15.2 Å². The highest BCUT2D eigenvalue weighted by molar-refractivity contribution is 5.88. The lowest BCUT2D eigenvalue weighted by atomic mass is 10.1. The van der Waals surface area contributed by atoms with Gasteiger partial charge in [0.15, 0.2) is 12.1 Å². The molecular formula is C17H15NO4. The molecule has 2 aromatic carbocycles. The van der Waals surface area contributed by atoms with Crippen LogP contribution in [0.25, 0.3) is 0 Å². The van der Waals surface area contributed by atoms with Gasteiger partial charge in [0.2, 0.25) is 0 Å². The van der Waals surface area contributed by atoms with Crippen molar-refractivity contribution in [2.45, 2.75) is 18.6 Å². The first kappa shape index (κ1) is 14.1. The number of ether oxygens (including phenoxy) is 1. The second-order valence-corrected chi connectivity index (χ2v) is 5.11. The third-order valence-corrected chi connectivity index (χ3v) is 3.61. The van der Waals surface area contributed by atoms with Crippen LogP contribution in [0.2, 0.25) is 0 Å². The fraction of sp³-hybridized carbons (Fsp3) is 0.176. The van der Waals surface area contributed by atoms with Gasteiger partial charge in [-0.15, -0.1) is 0 Å². The molecule has 2 N–H and O–H groups in total. The Kier molecular flexibility index (Phi) is 3.78. The van der Waals surface area contributed by atoms with Gasteiger partial charge in [0.25, 0.3) is 5.91 Å². The highest BCUT2D eigenvalue weighted by atomic mass is 16.5. The number of carbonyl (C=O) groups is 2. The number of rotatable bonds is 4. The zero-order valence-electron chi connectivity index (χ0n) is 11.7. The molecule has 0 bridgehead atoms. The molecule has 22 heavy (non-hydrogen) atoms. The molecule has 5 nitrogen and oxygen atoms in total. The lowest BCUT2D eigenvalue weighted by molar-refractivity contribution is -0.143. The molecule has 0 saturated heterocycles. The van der Waals surface area contributed by atoms with E-state index in [1.165, 1.54) is 0 Å². The average Bonchev–Trinajstić information content (AvgIpc) is 2.97. The SMILES string of the molecule is O=C(NC(C(=O)O)c1ccccc1)C1Cc2ccccc2O1. The van der Waals surface area contributed by atoms with Gasteiger partial charge in [-0.25, -0.2) is 4.79 Å². The Bertz CT molecular complexity index is 674. The van der Waals surface area contributed by atoms with Gasteiger partial charge in [-0.1, -0.05) is 48.5 Å². The summed E-state index contributed by atoms with van der Waals surface area (Å²) < 4.78 is 5.58. The zero-order chi connectivity index (χ0) is 15.5. The highest BCUT2D eigenvalue weighted by Gasteiger charge is 2.32. The molecule has 0 saturated carbocycles. The molecule has 0 spiro atoms. The summed E-state index contributed by atoms with van der Waals surface area (Å²) in [5.74, 6) is -0.850. The Morgan fingerprint density at radius 3 is 2.45 bits per heavy atom. The molecule has 0 fully saturated rings. The molecular weight excluding hydrogens is 282 g/mol. The number of carboxylic acid groups (broad SMARTS) is 1. The molecule has 2 atom stereocenters. The van der Waals surface area contributed by atoms with Crippen molar-refractivity contribution in [1.29, 1.82) is 0 Å². The van der Waals surface area contributed by atoms with Crippen molar-refractivity contribution < 1.29 is 19.4 Å². The molecule has 1 aliphatic rings. The van der Waals surface area contributed by atoms with Gasteiger partial charge in [-0.05, 0) is 17.2 Å². The Balaban J connectivity index is 1.72. The summed E-state index contributed by atoms with van der Waals surface area (Å²) in [5, 5.41) is 11.9. The van der Waals surface area contributed by atoms with E-state index in [0.29, 0.717) is 17.7 Å². The van der Waals surface area contributed by atoms with Crippen molar-refractivity contribution in [3.8, 4) is 5.75 Å². The van der Waals surface area contributed by atoms with E-state index in [-0.39, 0.29) is 0 Å². The summed E-state index contributed by atoms with van der Waals surface area (Å²) in [6.45, 7) is 0. The molecule has 2 unspecified atom stereocenters.